The van der Waals surface area contributed by atoms with Crippen LogP contribution in [0.1, 0.15) is 30.5 Å². The van der Waals surface area contributed by atoms with E-state index in [-0.39, 0.29) is 6.04 Å². The van der Waals surface area contributed by atoms with Gasteiger partial charge < -0.3 is 29.2 Å². The predicted octanol–water partition coefficient (Wildman–Crippen LogP) is 2.46. The van der Waals surface area contributed by atoms with Gasteiger partial charge in [-0.2, -0.15) is 15.2 Å². The van der Waals surface area contributed by atoms with Gasteiger partial charge in [0.05, 0.1) is 24.7 Å². The minimum atomic E-state index is 0.150. The molecule has 6 rings (SSSR count). The molecule has 9 nitrogen and oxygen atoms in total. The first-order chi connectivity index (χ1) is 17.7. The molecule has 3 aromatic rings. The van der Waals surface area contributed by atoms with Crippen LogP contribution in [0.3, 0.4) is 0 Å². The van der Waals surface area contributed by atoms with Gasteiger partial charge in [-0.05, 0) is 57.1 Å². The van der Waals surface area contributed by atoms with E-state index in [4.69, 9.17) is 14.7 Å². The largest absolute Gasteiger partial charge is 0.462 e. The van der Waals surface area contributed by atoms with Gasteiger partial charge in [-0.3, -0.25) is 0 Å². The third kappa shape index (κ3) is 4.47. The first kappa shape index (κ1) is 23.1. The molecule has 9 heteroatoms. The number of hydrogen-bond donors (Lipinski definition) is 1. The highest BCUT2D eigenvalue weighted by atomic mass is 16.5. The highest BCUT2D eigenvalue weighted by Gasteiger charge is 2.30. The van der Waals surface area contributed by atoms with Gasteiger partial charge in [-0.15, -0.1) is 0 Å². The SMILES string of the molecule is CN1CCCC1COc1nc2c(c(N3CCNC(CC#N)C3)n1)CCN(c1cccc3cccn13)C2. The molecule has 1 N–H and O–H groups in total. The maximum absolute atomic E-state index is 9.24. The maximum Gasteiger partial charge on any atom is 0.318 e. The minimum absolute atomic E-state index is 0.150. The summed E-state index contributed by atoms with van der Waals surface area (Å²) >= 11 is 0. The highest BCUT2D eigenvalue weighted by molar-refractivity contribution is 5.59. The summed E-state index contributed by atoms with van der Waals surface area (Å²) in [6.07, 6.45) is 5.85. The molecule has 188 valence electrons. The summed E-state index contributed by atoms with van der Waals surface area (Å²) < 4.78 is 8.49. The Hall–Kier alpha value is -3.35. The summed E-state index contributed by atoms with van der Waals surface area (Å²) in [5, 5.41) is 12.7. The van der Waals surface area contributed by atoms with Crippen molar-refractivity contribution in [2.45, 2.75) is 44.3 Å². The van der Waals surface area contributed by atoms with Crippen molar-refractivity contribution < 1.29 is 4.74 Å². The molecule has 2 saturated heterocycles. The Balaban J connectivity index is 1.31. The molecule has 2 unspecified atom stereocenters. The molecule has 0 spiro atoms. The zero-order valence-electron chi connectivity index (χ0n) is 20.9. The van der Waals surface area contributed by atoms with Crippen LogP contribution in [0.2, 0.25) is 0 Å². The van der Waals surface area contributed by atoms with Crippen molar-refractivity contribution in [3.05, 3.63) is 47.8 Å². The lowest BCUT2D eigenvalue weighted by atomic mass is 10.0. The summed E-state index contributed by atoms with van der Waals surface area (Å²) in [7, 11) is 2.16. The molecule has 2 atom stereocenters. The van der Waals surface area contributed by atoms with Crippen LogP contribution in [0.15, 0.2) is 36.5 Å². The van der Waals surface area contributed by atoms with Gasteiger partial charge in [0.25, 0.3) is 0 Å². The number of hydrogen-bond acceptors (Lipinski definition) is 8. The summed E-state index contributed by atoms with van der Waals surface area (Å²) in [5.41, 5.74) is 3.45. The predicted molar refractivity (Wildman–Crippen MR) is 140 cm³/mol. The number of likely N-dealkylation sites (N-methyl/N-ethyl adjacent to an activating group) is 1. The first-order valence-corrected chi connectivity index (χ1v) is 13.1. The quantitative estimate of drug-likeness (QED) is 0.569. The number of anilines is 2. The van der Waals surface area contributed by atoms with Gasteiger partial charge in [0.15, 0.2) is 0 Å². The van der Waals surface area contributed by atoms with E-state index in [1.165, 1.54) is 23.3 Å². The Morgan fingerprint density at radius 1 is 1.14 bits per heavy atom. The van der Waals surface area contributed by atoms with E-state index in [2.05, 4.69) is 74.1 Å². The number of pyridine rings is 1. The number of fused-ring (bicyclic) bond motifs is 2. The Morgan fingerprint density at radius 3 is 2.92 bits per heavy atom. The van der Waals surface area contributed by atoms with E-state index in [9.17, 15) is 5.26 Å². The Bertz CT molecular complexity index is 1270. The number of nitriles is 1. The molecule has 0 saturated carbocycles. The van der Waals surface area contributed by atoms with Crippen molar-refractivity contribution in [3.63, 3.8) is 0 Å². The lowest BCUT2D eigenvalue weighted by Gasteiger charge is -2.37. The van der Waals surface area contributed by atoms with Gasteiger partial charge >= 0.3 is 6.01 Å². The molecule has 0 aliphatic carbocycles. The van der Waals surface area contributed by atoms with Gasteiger partial charge in [0.1, 0.15) is 18.2 Å². The van der Waals surface area contributed by atoms with Crippen LogP contribution in [-0.4, -0.2) is 77.7 Å². The Morgan fingerprint density at radius 2 is 2.06 bits per heavy atom. The zero-order chi connectivity index (χ0) is 24.5. The lowest BCUT2D eigenvalue weighted by Crippen LogP contribution is -2.51. The van der Waals surface area contributed by atoms with E-state index in [1.54, 1.807) is 0 Å². The molecule has 0 amide bonds. The average molecular weight is 487 g/mol. The van der Waals surface area contributed by atoms with Crippen molar-refractivity contribution >= 4 is 17.2 Å². The fourth-order valence-electron chi connectivity index (χ4n) is 5.84. The van der Waals surface area contributed by atoms with E-state index >= 15 is 0 Å². The van der Waals surface area contributed by atoms with E-state index in [0.717, 1.165) is 63.6 Å². The normalized spacial score (nSPS) is 22.6. The molecule has 2 fully saturated rings. The molecular weight excluding hydrogens is 452 g/mol. The zero-order valence-corrected chi connectivity index (χ0v) is 20.9. The van der Waals surface area contributed by atoms with Crippen LogP contribution in [-0.2, 0) is 13.0 Å². The molecule has 3 aromatic heterocycles. The van der Waals surface area contributed by atoms with Crippen molar-refractivity contribution in [1.29, 1.82) is 5.26 Å². The second-order valence-corrected chi connectivity index (χ2v) is 10.2. The highest BCUT2D eigenvalue weighted by Crippen LogP contribution is 2.32. The average Bonchev–Trinajstić information content (AvgIpc) is 3.55. The molecule has 3 aliphatic rings. The van der Waals surface area contributed by atoms with Gasteiger partial charge in [-0.25, -0.2) is 0 Å². The molecule has 3 aliphatic heterocycles. The number of likely N-dealkylation sites (tertiary alicyclic amines) is 1. The molecule has 0 bridgehead atoms. The summed E-state index contributed by atoms with van der Waals surface area (Å²) in [6, 6.07) is 14.0. The number of nitrogens with one attached hydrogen (secondary N) is 1. The third-order valence-corrected chi connectivity index (χ3v) is 7.86. The number of rotatable bonds is 6. The van der Waals surface area contributed by atoms with E-state index < -0.39 is 0 Å². The summed E-state index contributed by atoms with van der Waals surface area (Å²) in [5.74, 6) is 2.16. The number of nitrogens with zero attached hydrogens (tertiary/aromatic N) is 7. The summed E-state index contributed by atoms with van der Waals surface area (Å²) in [4.78, 5) is 17.0. The van der Waals surface area contributed by atoms with Crippen LogP contribution < -0.4 is 19.9 Å². The number of aromatic nitrogens is 3. The fraction of sp³-hybridized carbons (Fsp3) is 0.519. The molecule has 0 aromatic carbocycles. The Kier molecular flexibility index (Phi) is 6.38. The minimum Gasteiger partial charge on any atom is -0.462 e. The topological polar surface area (TPSA) is 85.0 Å². The van der Waals surface area contributed by atoms with Crippen LogP contribution in [0.5, 0.6) is 6.01 Å². The molecule has 0 radical (unpaired) electrons. The molecule has 6 heterocycles. The monoisotopic (exact) mass is 486 g/mol. The second-order valence-electron chi connectivity index (χ2n) is 10.2. The van der Waals surface area contributed by atoms with Crippen molar-refractivity contribution in [1.82, 2.24) is 24.6 Å². The lowest BCUT2D eigenvalue weighted by molar-refractivity contribution is 0.187. The van der Waals surface area contributed by atoms with E-state index in [0.29, 0.717) is 25.1 Å². The van der Waals surface area contributed by atoms with Gasteiger partial charge in [0, 0.05) is 55.5 Å². The second kappa shape index (κ2) is 9.96. The van der Waals surface area contributed by atoms with Crippen molar-refractivity contribution in [3.8, 4) is 12.1 Å². The van der Waals surface area contributed by atoms with Gasteiger partial charge in [0.2, 0.25) is 0 Å². The van der Waals surface area contributed by atoms with E-state index in [1.807, 2.05) is 0 Å². The first-order valence-electron chi connectivity index (χ1n) is 13.1. The number of piperazine rings is 1. The van der Waals surface area contributed by atoms with Crippen molar-refractivity contribution in [2.75, 3.05) is 56.2 Å². The third-order valence-electron chi connectivity index (χ3n) is 7.86. The standard InChI is InChI=1S/C27H34N8O/c1-32-13-3-7-22(32)19-36-27-30-24-18-33(25-8-2-5-21-6-4-14-35(21)25)15-10-23(24)26(31-27)34-16-12-29-20(17-34)9-11-28/h2,4-6,8,14,20,22,29H,3,7,9-10,12-13,15-19H2,1H3. The maximum atomic E-state index is 9.24. The Labute approximate surface area is 212 Å². The van der Waals surface area contributed by atoms with Crippen LogP contribution >= 0.6 is 0 Å². The van der Waals surface area contributed by atoms with Crippen LogP contribution in [0.25, 0.3) is 5.52 Å². The van der Waals surface area contributed by atoms with Gasteiger partial charge in [-0.1, -0.05) is 6.07 Å². The molecule has 36 heavy (non-hydrogen) atoms. The molecular formula is C27H34N8O. The van der Waals surface area contributed by atoms with Crippen LogP contribution in [0.4, 0.5) is 11.6 Å². The number of ether oxygens (including phenoxy) is 1. The van der Waals surface area contributed by atoms with Crippen molar-refractivity contribution in [2.24, 2.45) is 0 Å². The van der Waals surface area contributed by atoms with Crippen LogP contribution in [0, 0.1) is 11.3 Å². The summed E-state index contributed by atoms with van der Waals surface area (Å²) in [6.45, 7) is 5.83. The fourth-order valence-corrected chi connectivity index (χ4v) is 5.84. The smallest absolute Gasteiger partial charge is 0.318 e.